The minimum absolute atomic E-state index is 0.805. The molecular formula is C12H10N4. The van der Waals surface area contributed by atoms with Gasteiger partial charge < -0.3 is 4.98 Å². The average molecular weight is 210 g/mol. The molecule has 0 bridgehead atoms. The molecule has 0 unspecified atom stereocenters. The summed E-state index contributed by atoms with van der Waals surface area (Å²) < 4.78 is 0. The van der Waals surface area contributed by atoms with E-state index in [1.54, 1.807) is 18.7 Å². The second-order valence-electron chi connectivity index (χ2n) is 3.59. The Hall–Kier alpha value is -2.23. The first-order chi connectivity index (χ1) is 7.93. The monoisotopic (exact) mass is 210 g/mol. The zero-order valence-corrected chi connectivity index (χ0v) is 8.59. The van der Waals surface area contributed by atoms with Gasteiger partial charge in [-0.05, 0) is 23.8 Å². The molecule has 0 aliphatic carbocycles. The normalized spacial score (nSPS) is 10.8. The zero-order chi connectivity index (χ0) is 10.8. The molecule has 0 saturated heterocycles. The molecule has 0 spiro atoms. The lowest BCUT2D eigenvalue weighted by molar-refractivity contribution is 1.05. The number of H-pyrrole nitrogens is 1. The van der Waals surface area contributed by atoms with Gasteiger partial charge in [0.15, 0.2) is 0 Å². The number of nitrogens with zero attached hydrogens (tertiary/aromatic N) is 3. The van der Waals surface area contributed by atoms with Crippen molar-refractivity contribution < 1.29 is 0 Å². The number of fused-ring (bicyclic) bond motifs is 1. The van der Waals surface area contributed by atoms with Crippen molar-refractivity contribution in [2.24, 2.45) is 0 Å². The fourth-order valence-corrected chi connectivity index (χ4v) is 1.76. The number of hydrogen-bond donors (Lipinski definition) is 1. The van der Waals surface area contributed by atoms with Gasteiger partial charge in [0.1, 0.15) is 12.0 Å². The van der Waals surface area contributed by atoms with Crippen LogP contribution < -0.4 is 0 Å². The molecule has 0 saturated carbocycles. The van der Waals surface area contributed by atoms with Gasteiger partial charge in [0, 0.05) is 30.4 Å². The molecule has 16 heavy (non-hydrogen) atoms. The Morgan fingerprint density at radius 1 is 1.06 bits per heavy atom. The van der Waals surface area contributed by atoms with E-state index in [1.807, 2.05) is 24.4 Å². The molecule has 1 N–H and O–H groups in total. The lowest BCUT2D eigenvalue weighted by Gasteiger charge is -2.01. The van der Waals surface area contributed by atoms with Crippen molar-refractivity contribution in [3.05, 3.63) is 54.4 Å². The lowest BCUT2D eigenvalue weighted by atomic mass is 10.1. The van der Waals surface area contributed by atoms with Crippen molar-refractivity contribution in [2.75, 3.05) is 0 Å². The van der Waals surface area contributed by atoms with E-state index in [2.05, 4.69) is 19.9 Å². The summed E-state index contributed by atoms with van der Waals surface area (Å²) in [6.07, 6.45) is 7.87. The van der Waals surface area contributed by atoms with Gasteiger partial charge in [-0.1, -0.05) is 0 Å². The van der Waals surface area contributed by atoms with E-state index in [9.17, 15) is 0 Å². The number of aromatic amines is 1. The molecule has 0 aliphatic rings. The predicted octanol–water partition coefficient (Wildman–Crippen LogP) is 1.94. The van der Waals surface area contributed by atoms with Crippen LogP contribution in [0.5, 0.6) is 0 Å². The highest BCUT2D eigenvalue weighted by atomic mass is 14.9. The Bertz CT molecular complexity index is 600. The Labute approximate surface area is 92.4 Å². The highest BCUT2D eigenvalue weighted by Gasteiger charge is 2.04. The minimum Gasteiger partial charge on any atom is -0.346 e. The molecule has 78 valence electrons. The van der Waals surface area contributed by atoms with Gasteiger partial charge in [-0.25, -0.2) is 9.97 Å². The molecule has 0 radical (unpaired) electrons. The van der Waals surface area contributed by atoms with Crippen molar-refractivity contribution in [1.29, 1.82) is 0 Å². The van der Waals surface area contributed by atoms with Crippen LogP contribution in [0.25, 0.3) is 11.0 Å². The van der Waals surface area contributed by atoms with Crippen molar-refractivity contribution in [3.8, 4) is 0 Å². The topological polar surface area (TPSA) is 54.5 Å². The first-order valence-corrected chi connectivity index (χ1v) is 5.09. The molecule has 4 heteroatoms. The summed E-state index contributed by atoms with van der Waals surface area (Å²) >= 11 is 0. The van der Waals surface area contributed by atoms with Crippen molar-refractivity contribution in [3.63, 3.8) is 0 Å². The molecule has 0 fully saturated rings. The van der Waals surface area contributed by atoms with Gasteiger partial charge in [-0.3, -0.25) is 4.98 Å². The molecule has 3 heterocycles. The van der Waals surface area contributed by atoms with Crippen LogP contribution in [-0.4, -0.2) is 19.9 Å². The van der Waals surface area contributed by atoms with Crippen LogP contribution >= 0.6 is 0 Å². The molecule has 0 aliphatic heterocycles. The maximum absolute atomic E-state index is 4.32. The largest absolute Gasteiger partial charge is 0.346 e. The summed E-state index contributed by atoms with van der Waals surface area (Å²) in [4.78, 5) is 15.6. The van der Waals surface area contributed by atoms with Crippen LogP contribution in [0.2, 0.25) is 0 Å². The van der Waals surface area contributed by atoms with Gasteiger partial charge in [-0.15, -0.1) is 0 Å². The third-order valence-electron chi connectivity index (χ3n) is 2.56. The first-order valence-electron chi connectivity index (χ1n) is 5.09. The van der Waals surface area contributed by atoms with Crippen molar-refractivity contribution in [1.82, 2.24) is 19.9 Å². The van der Waals surface area contributed by atoms with Gasteiger partial charge in [0.25, 0.3) is 0 Å². The van der Waals surface area contributed by atoms with E-state index >= 15 is 0 Å². The Kier molecular flexibility index (Phi) is 2.11. The number of aromatic nitrogens is 4. The summed E-state index contributed by atoms with van der Waals surface area (Å²) in [7, 11) is 0. The fraction of sp³-hybridized carbons (Fsp3) is 0.0833. The molecule has 0 amide bonds. The van der Waals surface area contributed by atoms with Crippen molar-refractivity contribution >= 4 is 11.0 Å². The Balaban J connectivity index is 2.04. The maximum atomic E-state index is 4.32. The van der Waals surface area contributed by atoms with E-state index < -0.39 is 0 Å². The first kappa shape index (κ1) is 9.03. The average Bonchev–Trinajstić information content (AvgIpc) is 2.80. The van der Waals surface area contributed by atoms with Gasteiger partial charge in [-0.2, -0.15) is 0 Å². The van der Waals surface area contributed by atoms with E-state index in [0.29, 0.717) is 0 Å². The number of pyridine rings is 1. The minimum atomic E-state index is 0.805. The Morgan fingerprint density at radius 2 is 1.94 bits per heavy atom. The Morgan fingerprint density at radius 3 is 2.81 bits per heavy atom. The standard InChI is InChI=1S/C12H10N4/c1-4-13-5-2-9(1)7-11-10-3-6-14-12(10)16-8-15-11/h1-6,8H,7H2,(H,14,15,16). The predicted molar refractivity (Wildman–Crippen MR) is 60.9 cm³/mol. The van der Waals surface area contributed by atoms with Crippen LogP contribution in [0.4, 0.5) is 0 Å². The van der Waals surface area contributed by atoms with Gasteiger partial charge in [0.05, 0.1) is 5.69 Å². The van der Waals surface area contributed by atoms with E-state index in [4.69, 9.17) is 0 Å². The highest BCUT2D eigenvalue weighted by molar-refractivity contribution is 5.77. The summed E-state index contributed by atoms with van der Waals surface area (Å²) in [6, 6.07) is 6.01. The molecule has 0 atom stereocenters. The van der Waals surface area contributed by atoms with Crippen LogP contribution in [0.15, 0.2) is 43.1 Å². The summed E-state index contributed by atoms with van der Waals surface area (Å²) in [5, 5.41) is 1.08. The number of hydrogen-bond acceptors (Lipinski definition) is 3. The van der Waals surface area contributed by atoms with Crippen LogP contribution in [-0.2, 0) is 6.42 Å². The van der Waals surface area contributed by atoms with E-state index in [0.717, 1.165) is 23.1 Å². The van der Waals surface area contributed by atoms with Crippen LogP contribution in [0, 0.1) is 0 Å². The molecule has 3 aromatic heterocycles. The van der Waals surface area contributed by atoms with Crippen LogP contribution in [0.1, 0.15) is 11.3 Å². The second kappa shape index (κ2) is 3.73. The quantitative estimate of drug-likeness (QED) is 0.703. The number of rotatable bonds is 2. The number of nitrogens with one attached hydrogen (secondary N) is 1. The summed E-state index contributed by atoms with van der Waals surface area (Å²) in [5.41, 5.74) is 3.13. The summed E-state index contributed by atoms with van der Waals surface area (Å²) in [6.45, 7) is 0. The smallest absolute Gasteiger partial charge is 0.140 e. The second-order valence-corrected chi connectivity index (χ2v) is 3.59. The van der Waals surface area contributed by atoms with E-state index in [-0.39, 0.29) is 0 Å². The fourth-order valence-electron chi connectivity index (χ4n) is 1.76. The third-order valence-corrected chi connectivity index (χ3v) is 2.56. The molecule has 3 rings (SSSR count). The van der Waals surface area contributed by atoms with Gasteiger partial charge >= 0.3 is 0 Å². The lowest BCUT2D eigenvalue weighted by Crippen LogP contribution is -1.94. The highest BCUT2D eigenvalue weighted by Crippen LogP contribution is 2.15. The van der Waals surface area contributed by atoms with Crippen LogP contribution in [0.3, 0.4) is 0 Å². The van der Waals surface area contributed by atoms with Gasteiger partial charge in [0.2, 0.25) is 0 Å². The van der Waals surface area contributed by atoms with E-state index in [1.165, 1.54) is 5.56 Å². The SMILES string of the molecule is c1cc(Cc2ncnc3[nH]ccc23)ccn1. The molecule has 3 aromatic rings. The maximum Gasteiger partial charge on any atom is 0.140 e. The summed E-state index contributed by atoms with van der Waals surface area (Å²) in [5.74, 6) is 0. The third kappa shape index (κ3) is 1.54. The molecule has 0 aromatic carbocycles. The molecular weight excluding hydrogens is 200 g/mol. The van der Waals surface area contributed by atoms with Crippen molar-refractivity contribution in [2.45, 2.75) is 6.42 Å². The molecule has 4 nitrogen and oxygen atoms in total. The zero-order valence-electron chi connectivity index (χ0n) is 8.59.